The van der Waals surface area contributed by atoms with Crippen molar-refractivity contribution in [1.29, 1.82) is 0 Å². The summed E-state index contributed by atoms with van der Waals surface area (Å²) in [7, 11) is 0. The van der Waals surface area contributed by atoms with Crippen LogP contribution in [0.2, 0.25) is 0 Å². The van der Waals surface area contributed by atoms with Gasteiger partial charge in [-0.05, 0) is 51.4 Å². The van der Waals surface area contributed by atoms with E-state index in [4.69, 9.17) is 4.74 Å². The fraction of sp³-hybridized carbons (Fsp3) is 0.909. The van der Waals surface area contributed by atoms with Crippen LogP contribution in [0.15, 0.2) is 0 Å². The maximum atomic E-state index is 12.2. The lowest BCUT2D eigenvalue weighted by atomic mass is 9.86. The number of unbranched alkanes of at least 4 members (excludes halogenated alkanes) is 4. The lowest BCUT2D eigenvalue weighted by Gasteiger charge is -2.18. The molecule has 1 aliphatic carbocycles. The van der Waals surface area contributed by atoms with E-state index in [0.29, 0.717) is 24.7 Å². The Morgan fingerprint density at radius 3 is 2.54 bits per heavy atom. The minimum Gasteiger partial charge on any atom is -0.466 e. The summed E-state index contributed by atoms with van der Waals surface area (Å²) in [6.07, 6.45) is 13.5. The number of carbonyl (C=O) groups is 2. The van der Waals surface area contributed by atoms with Crippen molar-refractivity contribution in [1.82, 2.24) is 0 Å². The van der Waals surface area contributed by atoms with Gasteiger partial charge in [-0.3, -0.25) is 9.59 Å². The molecule has 0 aliphatic heterocycles. The van der Waals surface area contributed by atoms with Crippen LogP contribution in [-0.2, 0) is 14.3 Å². The highest BCUT2D eigenvalue weighted by atomic mass is 16.5. The first-order chi connectivity index (χ1) is 12.6. The summed E-state index contributed by atoms with van der Waals surface area (Å²) in [5.41, 5.74) is 0. The summed E-state index contributed by atoms with van der Waals surface area (Å²) in [5.74, 6) is 1.20. The van der Waals surface area contributed by atoms with Gasteiger partial charge in [0.05, 0.1) is 12.7 Å². The van der Waals surface area contributed by atoms with Gasteiger partial charge in [-0.15, -0.1) is 0 Å². The van der Waals surface area contributed by atoms with E-state index in [1.54, 1.807) is 0 Å². The Bertz CT molecular complexity index is 394. The second-order valence-electron chi connectivity index (χ2n) is 7.86. The highest BCUT2D eigenvalue weighted by Gasteiger charge is 2.33. The van der Waals surface area contributed by atoms with Gasteiger partial charge in [0.1, 0.15) is 5.78 Å². The first-order valence-corrected chi connectivity index (χ1v) is 10.9. The molecule has 0 bridgehead atoms. The summed E-state index contributed by atoms with van der Waals surface area (Å²) in [4.78, 5) is 23.5. The molecule has 3 atom stereocenters. The Morgan fingerprint density at radius 1 is 1.08 bits per heavy atom. The maximum Gasteiger partial charge on any atom is 0.305 e. The molecule has 0 aromatic carbocycles. The van der Waals surface area contributed by atoms with Crippen molar-refractivity contribution in [2.75, 3.05) is 6.61 Å². The smallest absolute Gasteiger partial charge is 0.305 e. The van der Waals surface area contributed by atoms with E-state index in [1.165, 1.54) is 0 Å². The Kier molecular flexibility index (Phi) is 12.6. The fourth-order valence-electron chi connectivity index (χ4n) is 4.20. The molecular weight excluding hydrogens is 328 g/mol. The number of aliphatic hydroxyl groups is 1. The number of aliphatic hydroxyl groups excluding tert-OH is 1. The van der Waals surface area contributed by atoms with Crippen LogP contribution in [0.5, 0.6) is 0 Å². The summed E-state index contributed by atoms with van der Waals surface area (Å²) in [6, 6.07) is 0. The van der Waals surface area contributed by atoms with Crippen LogP contribution >= 0.6 is 0 Å². The molecule has 1 saturated carbocycles. The third kappa shape index (κ3) is 9.70. The molecule has 1 rings (SSSR count). The predicted octanol–water partition coefficient (Wildman–Crippen LogP) is 5.21. The van der Waals surface area contributed by atoms with Crippen molar-refractivity contribution in [3.8, 4) is 0 Å². The van der Waals surface area contributed by atoms with Gasteiger partial charge in [-0.1, -0.05) is 45.4 Å². The fourth-order valence-corrected chi connectivity index (χ4v) is 4.20. The molecule has 1 N–H and O–H groups in total. The molecule has 0 radical (unpaired) electrons. The molecule has 4 nitrogen and oxygen atoms in total. The zero-order valence-electron chi connectivity index (χ0n) is 17.0. The van der Waals surface area contributed by atoms with E-state index in [9.17, 15) is 14.7 Å². The van der Waals surface area contributed by atoms with Crippen molar-refractivity contribution in [3.63, 3.8) is 0 Å². The molecule has 0 aromatic rings. The number of ether oxygens (including phenoxy) is 1. The van der Waals surface area contributed by atoms with E-state index in [-0.39, 0.29) is 18.0 Å². The minimum absolute atomic E-state index is 0.0948. The normalized spacial score (nSPS) is 21.1. The molecule has 0 aromatic heterocycles. The number of Topliss-reactive ketones (excluding diaryl/α,β-unsaturated/α-hetero) is 1. The molecule has 0 saturated heterocycles. The van der Waals surface area contributed by atoms with Crippen LogP contribution in [0.3, 0.4) is 0 Å². The summed E-state index contributed by atoms with van der Waals surface area (Å²) < 4.78 is 4.93. The Balaban J connectivity index is 2.13. The van der Waals surface area contributed by atoms with Gasteiger partial charge in [0.2, 0.25) is 0 Å². The van der Waals surface area contributed by atoms with Crippen molar-refractivity contribution >= 4 is 11.8 Å². The maximum absolute atomic E-state index is 12.2. The lowest BCUT2D eigenvalue weighted by Crippen LogP contribution is -2.15. The Morgan fingerprint density at radius 2 is 1.81 bits per heavy atom. The molecule has 0 amide bonds. The first kappa shape index (κ1) is 23.1. The van der Waals surface area contributed by atoms with Gasteiger partial charge in [0, 0.05) is 18.8 Å². The van der Waals surface area contributed by atoms with E-state index in [1.807, 2.05) is 6.92 Å². The second-order valence-corrected chi connectivity index (χ2v) is 7.86. The Labute approximate surface area is 160 Å². The van der Waals surface area contributed by atoms with Crippen molar-refractivity contribution in [3.05, 3.63) is 0 Å². The minimum atomic E-state index is -0.143. The summed E-state index contributed by atoms with van der Waals surface area (Å²) >= 11 is 0. The van der Waals surface area contributed by atoms with Gasteiger partial charge in [-0.2, -0.15) is 0 Å². The molecule has 26 heavy (non-hydrogen) atoms. The number of carbonyl (C=O) groups excluding carboxylic acids is 2. The second kappa shape index (κ2) is 14.2. The average molecular weight is 369 g/mol. The van der Waals surface area contributed by atoms with Crippen LogP contribution in [0, 0.1) is 11.8 Å². The average Bonchev–Trinajstić information content (AvgIpc) is 2.95. The lowest BCUT2D eigenvalue weighted by molar-refractivity contribution is -0.143. The molecule has 1 unspecified atom stereocenters. The van der Waals surface area contributed by atoms with Gasteiger partial charge >= 0.3 is 5.97 Å². The van der Waals surface area contributed by atoms with Crippen LogP contribution in [-0.4, -0.2) is 29.6 Å². The number of hydrogen-bond donors (Lipinski definition) is 1. The van der Waals surface area contributed by atoms with E-state index in [2.05, 4.69) is 6.92 Å². The zero-order chi connectivity index (χ0) is 19.2. The summed E-state index contributed by atoms with van der Waals surface area (Å²) in [5, 5.41) is 9.80. The van der Waals surface area contributed by atoms with Gasteiger partial charge < -0.3 is 9.84 Å². The quantitative estimate of drug-likeness (QED) is 0.318. The first-order valence-electron chi connectivity index (χ1n) is 10.9. The summed E-state index contributed by atoms with van der Waals surface area (Å²) in [6.45, 7) is 4.40. The number of rotatable bonds is 15. The zero-order valence-corrected chi connectivity index (χ0v) is 17.0. The molecule has 152 valence electrons. The molecule has 1 aliphatic rings. The number of esters is 1. The van der Waals surface area contributed by atoms with Gasteiger partial charge in [-0.25, -0.2) is 0 Å². The van der Waals surface area contributed by atoms with Crippen LogP contribution in [0.4, 0.5) is 0 Å². The van der Waals surface area contributed by atoms with Crippen molar-refractivity contribution < 1.29 is 19.4 Å². The highest BCUT2D eigenvalue weighted by molar-refractivity contribution is 5.83. The topological polar surface area (TPSA) is 63.6 Å². The van der Waals surface area contributed by atoms with Gasteiger partial charge in [0.25, 0.3) is 0 Å². The molecular formula is C22H40O4. The van der Waals surface area contributed by atoms with Gasteiger partial charge in [0.15, 0.2) is 0 Å². The van der Waals surface area contributed by atoms with E-state index < -0.39 is 0 Å². The monoisotopic (exact) mass is 368 g/mol. The van der Waals surface area contributed by atoms with Crippen LogP contribution in [0.25, 0.3) is 0 Å². The predicted molar refractivity (Wildman–Crippen MR) is 105 cm³/mol. The SMILES string of the molecule is CCCC(O)CCCC[C@H]1CCC(=O)[C@@H]1CCCCCCC(=O)OCC. The molecule has 4 heteroatoms. The third-order valence-corrected chi connectivity index (χ3v) is 5.68. The third-order valence-electron chi connectivity index (χ3n) is 5.68. The standard InChI is InChI=1S/C22H40O4/c1-3-11-19(23)13-10-9-12-18-16-17-21(24)20(18)14-7-5-6-8-15-22(25)26-4-2/h18-20,23H,3-17H2,1-2H3/t18-,19?,20+/m0/s1. The number of ketones is 1. The van der Waals surface area contributed by atoms with Crippen LogP contribution in [0.1, 0.15) is 104 Å². The molecule has 0 heterocycles. The van der Waals surface area contributed by atoms with E-state index >= 15 is 0 Å². The molecule has 0 spiro atoms. The van der Waals surface area contributed by atoms with Crippen LogP contribution < -0.4 is 0 Å². The largest absolute Gasteiger partial charge is 0.466 e. The van der Waals surface area contributed by atoms with Crippen molar-refractivity contribution in [2.45, 2.75) is 110 Å². The highest BCUT2D eigenvalue weighted by Crippen LogP contribution is 2.36. The number of hydrogen-bond acceptors (Lipinski definition) is 4. The Hall–Kier alpha value is -0.900. The van der Waals surface area contributed by atoms with E-state index in [0.717, 1.165) is 83.5 Å². The molecule has 1 fully saturated rings. The van der Waals surface area contributed by atoms with Crippen molar-refractivity contribution in [2.24, 2.45) is 11.8 Å².